The number of pyridine rings is 1. The molecule has 1 heterocycles. The zero-order valence-corrected chi connectivity index (χ0v) is 13.1. The molecule has 2 aromatic carbocycles. The molecule has 3 aromatic rings. The Bertz CT molecular complexity index is 800. The van der Waals surface area contributed by atoms with E-state index in [1.54, 1.807) is 12.1 Å². The summed E-state index contributed by atoms with van der Waals surface area (Å²) in [6, 6.07) is 24.9. The van der Waals surface area contributed by atoms with Gasteiger partial charge in [-0.05, 0) is 23.3 Å². The highest BCUT2D eigenvalue weighted by atomic mass is 19.1. The van der Waals surface area contributed by atoms with Crippen molar-refractivity contribution >= 4 is 5.82 Å². The zero-order chi connectivity index (χ0) is 16.8. The lowest BCUT2D eigenvalue weighted by atomic mass is 10.1. The maximum absolute atomic E-state index is 13.9. The molecular formula is C20H16FN3. The molecule has 0 bridgehead atoms. The Morgan fingerprint density at radius 2 is 1.38 bits per heavy atom. The maximum atomic E-state index is 13.9. The molecular weight excluding hydrogens is 301 g/mol. The van der Waals surface area contributed by atoms with Gasteiger partial charge in [-0.1, -0.05) is 60.7 Å². The number of aromatic nitrogens is 1. The van der Waals surface area contributed by atoms with Gasteiger partial charge in [0, 0.05) is 13.1 Å². The van der Waals surface area contributed by atoms with Crippen LogP contribution >= 0.6 is 0 Å². The average Bonchev–Trinajstić information content (AvgIpc) is 2.63. The van der Waals surface area contributed by atoms with E-state index in [1.165, 1.54) is 6.07 Å². The standard InChI is InChI=1S/C20H16FN3/c21-20-18(13-22)11-12-19(23-20)24(14-16-7-3-1-4-8-16)15-17-9-5-2-6-10-17/h1-12H,14-15H2. The van der Waals surface area contributed by atoms with E-state index in [9.17, 15) is 4.39 Å². The molecule has 0 amide bonds. The summed E-state index contributed by atoms with van der Waals surface area (Å²) in [6.45, 7) is 1.21. The second-order valence-electron chi connectivity index (χ2n) is 5.45. The second-order valence-corrected chi connectivity index (χ2v) is 5.45. The zero-order valence-electron chi connectivity index (χ0n) is 13.1. The summed E-state index contributed by atoms with van der Waals surface area (Å²) in [6.07, 6.45) is 0. The molecule has 0 aliphatic heterocycles. The van der Waals surface area contributed by atoms with Gasteiger partial charge in [-0.3, -0.25) is 0 Å². The van der Waals surface area contributed by atoms with E-state index in [1.807, 2.05) is 65.6 Å². The van der Waals surface area contributed by atoms with E-state index < -0.39 is 5.95 Å². The first kappa shape index (κ1) is 15.7. The van der Waals surface area contributed by atoms with Crippen molar-refractivity contribution in [2.24, 2.45) is 0 Å². The Kier molecular flexibility index (Phi) is 4.83. The van der Waals surface area contributed by atoms with Crippen LogP contribution in [0.25, 0.3) is 0 Å². The van der Waals surface area contributed by atoms with E-state index in [0.717, 1.165) is 11.1 Å². The third-order valence-electron chi connectivity index (χ3n) is 3.71. The summed E-state index contributed by atoms with van der Waals surface area (Å²) in [5.41, 5.74) is 2.18. The molecule has 0 N–H and O–H groups in total. The summed E-state index contributed by atoms with van der Waals surface area (Å²) < 4.78 is 13.9. The average molecular weight is 317 g/mol. The molecule has 118 valence electrons. The van der Waals surface area contributed by atoms with Gasteiger partial charge in [0.05, 0.1) is 0 Å². The molecule has 0 atom stereocenters. The lowest BCUT2D eigenvalue weighted by molar-refractivity contribution is 0.576. The summed E-state index contributed by atoms with van der Waals surface area (Å²) in [5.74, 6) is -0.222. The molecule has 0 radical (unpaired) electrons. The molecule has 0 saturated carbocycles. The number of anilines is 1. The molecule has 0 aliphatic rings. The Hall–Kier alpha value is -3.19. The number of benzene rings is 2. The largest absolute Gasteiger partial charge is 0.348 e. The van der Waals surface area contributed by atoms with Crippen molar-refractivity contribution in [1.82, 2.24) is 4.98 Å². The van der Waals surface area contributed by atoms with Crippen LogP contribution in [0.2, 0.25) is 0 Å². The Morgan fingerprint density at radius 3 is 1.83 bits per heavy atom. The van der Waals surface area contributed by atoms with Gasteiger partial charge in [0.2, 0.25) is 5.95 Å². The summed E-state index contributed by atoms with van der Waals surface area (Å²) in [4.78, 5) is 5.97. The number of nitrogens with zero attached hydrogens (tertiary/aromatic N) is 3. The van der Waals surface area contributed by atoms with Crippen molar-refractivity contribution in [1.29, 1.82) is 5.26 Å². The second kappa shape index (κ2) is 7.38. The first-order valence-electron chi connectivity index (χ1n) is 7.66. The van der Waals surface area contributed by atoms with E-state index in [2.05, 4.69) is 4.98 Å². The van der Waals surface area contributed by atoms with E-state index >= 15 is 0 Å². The van der Waals surface area contributed by atoms with Crippen LogP contribution in [0.15, 0.2) is 72.8 Å². The number of rotatable bonds is 5. The highest BCUT2D eigenvalue weighted by Crippen LogP contribution is 2.19. The fourth-order valence-corrected chi connectivity index (χ4v) is 2.51. The number of hydrogen-bond donors (Lipinski definition) is 0. The van der Waals surface area contributed by atoms with Gasteiger partial charge in [-0.25, -0.2) is 4.98 Å². The fraction of sp³-hybridized carbons (Fsp3) is 0.100. The van der Waals surface area contributed by atoms with Gasteiger partial charge < -0.3 is 4.90 Å². The molecule has 0 aliphatic carbocycles. The van der Waals surface area contributed by atoms with Crippen LogP contribution in [0, 0.1) is 17.3 Å². The van der Waals surface area contributed by atoms with Crippen molar-refractivity contribution in [2.45, 2.75) is 13.1 Å². The first-order chi connectivity index (χ1) is 11.8. The number of nitriles is 1. The van der Waals surface area contributed by atoms with Crippen molar-refractivity contribution in [3.63, 3.8) is 0 Å². The molecule has 0 saturated heterocycles. The number of halogens is 1. The Balaban J connectivity index is 1.92. The van der Waals surface area contributed by atoms with E-state index in [0.29, 0.717) is 18.9 Å². The normalized spacial score (nSPS) is 10.2. The van der Waals surface area contributed by atoms with Crippen LogP contribution in [0.4, 0.5) is 10.2 Å². The molecule has 1 aromatic heterocycles. The maximum Gasteiger partial charge on any atom is 0.232 e. The van der Waals surface area contributed by atoms with Crippen molar-refractivity contribution < 1.29 is 4.39 Å². The molecule has 0 spiro atoms. The Morgan fingerprint density at radius 1 is 0.833 bits per heavy atom. The summed E-state index contributed by atoms with van der Waals surface area (Å²) in [5, 5.41) is 8.87. The molecule has 3 rings (SSSR count). The summed E-state index contributed by atoms with van der Waals surface area (Å²) >= 11 is 0. The molecule has 0 unspecified atom stereocenters. The van der Waals surface area contributed by atoms with Gasteiger partial charge in [0.25, 0.3) is 0 Å². The third kappa shape index (κ3) is 3.76. The van der Waals surface area contributed by atoms with Gasteiger partial charge in [-0.2, -0.15) is 9.65 Å². The third-order valence-corrected chi connectivity index (χ3v) is 3.71. The van der Waals surface area contributed by atoms with Crippen LogP contribution in [0.1, 0.15) is 16.7 Å². The lowest BCUT2D eigenvalue weighted by Gasteiger charge is -2.24. The van der Waals surface area contributed by atoms with Crippen molar-refractivity contribution in [2.75, 3.05) is 4.90 Å². The van der Waals surface area contributed by atoms with Crippen molar-refractivity contribution in [3.05, 3.63) is 95.4 Å². The predicted octanol–water partition coefficient (Wildman–Crippen LogP) is 4.30. The fourth-order valence-electron chi connectivity index (χ4n) is 2.51. The highest BCUT2D eigenvalue weighted by Gasteiger charge is 2.13. The first-order valence-corrected chi connectivity index (χ1v) is 7.66. The highest BCUT2D eigenvalue weighted by molar-refractivity contribution is 5.44. The van der Waals surface area contributed by atoms with Crippen molar-refractivity contribution in [3.8, 4) is 6.07 Å². The number of hydrogen-bond acceptors (Lipinski definition) is 3. The monoisotopic (exact) mass is 317 g/mol. The SMILES string of the molecule is N#Cc1ccc(N(Cc2ccccc2)Cc2ccccc2)nc1F. The Labute approximate surface area is 140 Å². The van der Waals surface area contributed by atoms with Crippen LogP contribution in [-0.2, 0) is 13.1 Å². The minimum atomic E-state index is -0.735. The predicted molar refractivity (Wildman–Crippen MR) is 91.7 cm³/mol. The van der Waals surface area contributed by atoms with Crippen LogP contribution in [-0.4, -0.2) is 4.98 Å². The van der Waals surface area contributed by atoms with Crippen LogP contribution < -0.4 is 4.90 Å². The summed E-state index contributed by atoms with van der Waals surface area (Å²) in [7, 11) is 0. The molecule has 3 nitrogen and oxygen atoms in total. The quantitative estimate of drug-likeness (QED) is 0.659. The van der Waals surface area contributed by atoms with Crippen LogP contribution in [0.5, 0.6) is 0 Å². The van der Waals surface area contributed by atoms with E-state index in [4.69, 9.17) is 5.26 Å². The molecule has 0 fully saturated rings. The van der Waals surface area contributed by atoms with Gasteiger partial charge in [0.1, 0.15) is 17.5 Å². The van der Waals surface area contributed by atoms with Crippen LogP contribution in [0.3, 0.4) is 0 Å². The smallest absolute Gasteiger partial charge is 0.232 e. The molecule has 24 heavy (non-hydrogen) atoms. The minimum Gasteiger partial charge on any atom is -0.348 e. The van der Waals surface area contributed by atoms with Gasteiger partial charge in [0.15, 0.2) is 0 Å². The topological polar surface area (TPSA) is 39.9 Å². The van der Waals surface area contributed by atoms with Gasteiger partial charge >= 0.3 is 0 Å². The minimum absolute atomic E-state index is 0.0434. The molecule has 4 heteroatoms. The van der Waals surface area contributed by atoms with E-state index in [-0.39, 0.29) is 5.56 Å². The van der Waals surface area contributed by atoms with Gasteiger partial charge in [-0.15, -0.1) is 0 Å². The lowest BCUT2D eigenvalue weighted by Crippen LogP contribution is -2.23.